The van der Waals surface area contributed by atoms with Crippen LogP contribution in [0.25, 0.3) is 22.4 Å². The quantitative estimate of drug-likeness (QED) is 0.337. The van der Waals surface area contributed by atoms with Crippen LogP contribution in [0.1, 0.15) is 11.1 Å². The van der Waals surface area contributed by atoms with E-state index < -0.39 is 12.1 Å². The number of nitrogens with one attached hydrogen (secondary N) is 2. The number of H-pyrrole nitrogens is 1. The summed E-state index contributed by atoms with van der Waals surface area (Å²) in [4.78, 5) is 29.0. The van der Waals surface area contributed by atoms with Gasteiger partial charge in [0.15, 0.2) is 11.5 Å². The first kappa shape index (κ1) is 25.2. The summed E-state index contributed by atoms with van der Waals surface area (Å²) in [5, 5.41) is 13.1. The second kappa shape index (κ2) is 10.7. The molecule has 0 aliphatic carbocycles. The minimum Gasteiger partial charge on any atom is -0.496 e. The highest BCUT2D eigenvalue weighted by molar-refractivity contribution is 7.07. The average molecular weight is 515 g/mol. The summed E-state index contributed by atoms with van der Waals surface area (Å²) < 4.78 is 37.5. The van der Waals surface area contributed by atoms with Crippen LogP contribution < -0.4 is 10.1 Å². The molecule has 9 nitrogen and oxygen atoms in total. The fraction of sp³-hybridized carbons (Fsp3) is 0.250. The lowest BCUT2D eigenvalue weighted by atomic mass is 9.99. The number of thiazole rings is 1. The number of ether oxygens (including phenoxy) is 1. The van der Waals surface area contributed by atoms with Crippen molar-refractivity contribution in [3.8, 4) is 17.0 Å². The zero-order chi connectivity index (χ0) is 24.9. The predicted molar refractivity (Wildman–Crippen MR) is 121 cm³/mol. The van der Waals surface area contributed by atoms with Crippen LogP contribution in [0.5, 0.6) is 5.75 Å². The van der Waals surface area contributed by atoms with Crippen LogP contribution in [0.15, 0.2) is 29.6 Å². The molecule has 0 spiro atoms. The summed E-state index contributed by atoms with van der Waals surface area (Å²) in [6.07, 6.45) is -1.27. The molecule has 0 atom stereocenters. The Bertz CT molecular complexity index is 1280. The number of aromatic amines is 1. The second-order valence-electron chi connectivity index (χ2n) is 6.73. The predicted octanol–water partition coefficient (Wildman–Crippen LogP) is 4.73. The lowest BCUT2D eigenvalue weighted by molar-refractivity contribution is -0.192. The van der Waals surface area contributed by atoms with Gasteiger partial charge in [0.1, 0.15) is 17.6 Å². The van der Waals surface area contributed by atoms with Gasteiger partial charge in [-0.1, -0.05) is 11.6 Å². The molecule has 0 bridgehead atoms. The summed E-state index contributed by atoms with van der Waals surface area (Å²) in [7, 11) is 1.67. The number of anilines is 1. The summed E-state index contributed by atoms with van der Waals surface area (Å²) in [6, 6.07) is 1.96. The number of imidazole rings is 1. The number of carbonyl (C=O) groups is 1. The zero-order valence-corrected chi connectivity index (χ0v) is 19.3. The van der Waals surface area contributed by atoms with Crippen LogP contribution >= 0.6 is 22.9 Å². The number of alkyl halides is 3. The van der Waals surface area contributed by atoms with E-state index in [1.807, 2.05) is 18.4 Å². The maximum atomic E-state index is 10.6. The third kappa shape index (κ3) is 5.72. The number of rotatable bonds is 6. The summed E-state index contributed by atoms with van der Waals surface area (Å²) in [6.45, 7) is 2.63. The van der Waals surface area contributed by atoms with Crippen LogP contribution in [0, 0.1) is 6.92 Å². The van der Waals surface area contributed by atoms with Crippen LogP contribution in [0.4, 0.5) is 19.0 Å². The van der Waals surface area contributed by atoms with Gasteiger partial charge in [0.05, 0.1) is 24.6 Å². The van der Waals surface area contributed by atoms with Crippen molar-refractivity contribution in [3.05, 3.63) is 45.8 Å². The molecule has 4 aromatic rings. The van der Waals surface area contributed by atoms with Gasteiger partial charge in [-0.3, -0.25) is 0 Å². The van der Waals surface area contributed by atoms with Gasteiger partial charge in [0, 0.05) is 22.5 Å². The Morgan fingerprint density at radius 3 is 2.65 bits per heavy atom. The summed E-state index contributed by atoms with van der Waals surface area (Å²) in [5.74, 6) is -1.26. The first-order valence-electron chi connectivity index (χ1n) is 9.56. The van der Waals surface area contributed by atoms with E-state index in [-0.39, 0.29) is 0 Å². The van der Waals surface area contributed by atoms with Crippen molar-refractivity contribution >= 4 is 45.9 Å². The van der Waals surface area contributed by atoms with Crippen molar-refractivity contribution in [2.45, 2.75) is 19.5 Å². The molecule has 0 saturated heterocycles. The normalized spacial score (nSPS) is 11.1. The number of benzene rings is 1. The molecule has 0 saturated carbocycles. The van der Waals surface area contributed by atoms with Crippen molar-refractivity contribution < 1.29 is 27.8 Å². The molecule has 4 rings (SSSR count). The third-order valence-electron chi connectivity index (χ3n) is 4.59. The van der Waals surface area contributed by atoms with E-state index in [4.69, 9.17) is 26.2 Å². The van der Waals surface area contributed by atoms with E-state index in [0.29, 0.717) is 29.5 Å². The maximum absolute atomic E-state index is 10.6. The van der Waals surface area contributed by atoms with E-state index in [9.17, 15) is 13.2 Å². The van der Waals surface area contributed by atoms with Crippen LogP contribution in [0.2, 0.25) is 5.02 Å². The largest absolute Gasteiger partial charge is 0.496 e. The summed E-state index contributed by atoms with van der Waals surface area (Å²) >= 11 is 8.03. The highest BCUT2D eigenvalue weighted by Gasteiger charge is 2.38. The Morgan fingerprint density at radius 2 is 2.03 bits per heavy atom. The molecular weight excluding hydrogens is 497 g/mol. The van der Waals surface area contributed by atoms with Gasteiger partial charge in [0.2, 0.25) is 0 Å². The lowest BCUT2D eigenvalue weighted by Gasteiger charge is -2.17. The third-order valence-corrected chi connectivity index (χ3v) is 5.57. The number of carboxylic acid groups (broad SMARTS) is 1. The van der Waals surface area contributed by atoms with Crippen molar-refractivity contribution in [3.63, 3.8) is 0 Å². The monoisotopic (exact) mass is 514 g/mol. The number of nitrogens with zero attached hydrogens (tertiary/aromatic N) is 4. The molecule has 1 aromatic carbocycles. The van der Waals surface area contributed by atoms with Gasteiger partial charge in [-0.15, -0.1) is 11.3 Å². The smallest absolute Gasteiger partial charge is 0.490 e. The standard InChI is InChI=1S/C18H17ClN6OS.C2HF3O2/c1-10-12(19)5-11(16(26-2)14(10)13-6-27-9-25-13)3-4-20-17-15-18(22-7-21-15)24-8-23-17;3-2(4,5)1(6)7/h5-9H,3-4H2,1-2H3,(H2,20,21,22,23,24);(H,6,7). The van der Waals surface area contributed by atoms with Crippen molar-refractivity contribution in [1.82, 2.24) is 24.9 Å². The van der Waals surface area contributed by atoms with Crippen molar-refractivity contribution in [2.24, 2.45) is 0 Å². The molecule has 180 valence electrons. The molecule has 0 aliphatic heterocycles. The van der Waals surface area contributed by atoms with Crippen LogP contribution in [-0.4, -0.2) is 55.8 Å². The SMILES string of the molecule is COc1c(CCNc2ncnc3[nH]cnc23)cc(Cl)c(C)c1-c1cscn1.O=C(O)C(F)(F)F. The number of methoxy groups -OCH3 is 1. The van der Waals surface area contributed by atoms with Crippen LogP contribution in [-0.2, 0) is 11.2 Å². The Balaban J connectivity index is 0.000000406. The molecule has 0 unspecified atom stereocenters. The van der Waals surface area contributed by atoms with Crippen molar-refractivity contribution in [1.29, 1.82) is 0 Å². The molecule has 3 N–H and O–H groups in total. The van der Waals surface area contributed by atoms with Gasteiger partial charge < -0.3 is 20.1 Å². The molecule has 0 fully saturated rings. The topological polar surface area (TPSA) is 126 Å². The molecule has 34 heavy (non-hydrogen) atoms. The Labute approximate surface area is 200 Å². The molecule has 3 aromatic heterocycles. The number of aromatic nitrogens is 5. The average Bonchev–Trinajstić information content (AvgIpc) is 3.48. The number of aliphatic carboxylic acids is 1. The number of fused-ring (bicyclic) bond motifs is 1. The van der Waals surface area contributed by atoms with Gasteiger partial charge in [-0.2, -0.15) is 13.2 Å². The van der Waals surface area contributed by atoms with E-state index in [1.54, 1.807) is 30.3 Å². The number of carboxylic acids is 1. The van der Waals surface area contributed by atoms with E-state index in [2.05, 4.69) is 30.2 Å². The minimum atomic E-state index is -5.08. The van der Waals surface area contributed by atoms with E-state index in [1.165, 1.54) is 6.33 Å². The number of hydrogen-bond donors (Lipinski definition) is 3. The molecule has 3 heterocycles. The minimum absolute atomic E-state index is 0.644. The first-order valence-corrected chi connectivity index (χ1v) is 10.9. The fourth-order valence-corrected chi connectivity index (χ4v) is 3.82. The molecule has 0 radical (unpaired) electrons. The Hall–Kier alpha value is -3.45. The molecular formula is C20H18ClF3N6O3S. The highest BCUT2D eigenvalue weighted by Crippen LogP contribution is 2.39. The highest BCUT2D eigenvalue weighted by atomic mass is 35.5. The van der Waals surface area contributed by atoms with Gasteiger partial charge >= 0.3 is 12.1 Å². The fourth-order valence-electron chi connectivity index (χ4n) is 3.05. The van der Waals surface area contributed by atoms with Crippen molar-refractivity contribution in [2.75, 3.05) is 19.0 Å². The second-order valence-corrected chi connectivity index (χ2v) is 7.85. The molecule has 0 amide bonds. The molecule has 0 aliphatic rings. The van der Waals surface area contributed by atoms with E-state index in [0.717, 1.165) is 33.7 Å². The lowest BCUT2D eigenvalue weighted by Crippen LogP contribution is -2.21. The van der Waals surface area contributed by atoms with Gasteiger partial charge in [-0.25, -0.2) is 24.7 Å². The van der Waals surface area contributed by atoms with Gasteiger partial charge in [-0.05, 0) is 30.5 Å². The number of hydrogen-bond acceptors (Lipinski definition) is 8. The Morgan fingerprint density at radius 1 is 1.29 bits per heavy atom. The first-order chi connectivity index (χ1) is 16.1. The number of halogens is 4. The van der Waals surface area contributed by atoms with Gasteiger partial charge in [0.25, 0.3) is 0 Å². The van der Waals surface area contributed by atoms with Crippen LogP contribution in [0.3, 0.4) is 0 Å². The zero-order valence-electron chi connectivity index (χ0n) is 17.8. The maximum Gasteiger partial charge on any atom is 0.490 e. The summed E-state index contributed by atoms with van der Waals surface area (Å²) in [5.41, 5.74) is 7.02. The molecule has 14 heteroatoms. The van der Waals surface area contributed by atoms with E-state index >= 15 is 0 Å². The Kier molecular flexibility index (Phi) is 7.89.